The van der Waals surface area contributed by atoms with E-state index in [0.29, 0.717) is 0 Å². The number of rotatable bonds is 1. The van der Waals surface area contributed by atoms with Gasteiger partial charge in [-0.15, -0.1) is 0 Å². The van der Waals surface area contributed by atoms with Crippen LogP contribution in [0.25, 0.3) is 0 Å². The van der Waals surface area contributed by atoms with Gasteiger partial charge in [-0.2, -0.15) is 5.06 Å². The third-order valence-electron chi connectivity index (χ3n) is 3.41. The average molecular weight is 205 g/mol. The molecule has 1 aliphatic rings. The molecule has 0 bridgehead atoms. The van der Waals surface area contributed by atoms with Crippen molar-refractivity contribution in [2.24, 2.45) is 0 Å². The highest BCUT2D eigenvalue weighted by atomic mass is 16.5. The summed E-state index contributed by atoms with van der Waals surface area (Å²) in [6.07, 6.45) is 2.08. The normalized spacial score (nSPS) is 25.7. The number of aryl methyl sites for hydroxylation is 1. The van der Waals surface area contributed by atoms with Crippen LogP contribution >= 0.6 is 0 Å². The maximum Gasteiger partial charge on any atom is 0.0606 e. The first kappa shape index (κ1) is 10.7. The van der Waals surface area contributed by atoms with Gasteiger partial charge < -0.3 is 5.21 Å². The van der Waals surface area contributed by atoms with Crippen LogP contribution < -0.4 is 0 Å². The van der Waals surface area contributed by atoms with Crippen LogP contribution in [-0.2, 0) is 0 Å². The molecule has 2 heteroatoms. The lowest BCUT2D eigenvalue weighted by atomic mass is 10.0. The highest BCUT2D eigenvalue weighted by Gasteiger charge is 2.39. The molecule has 1 heterocycles. The quantitative estimate of drug-likeness (QED) is 0.760. The van der Waals surface area contributed by atoms with E-state index in [1.54, 1.807) is 0 Å². The highest BCUT2D eigenvalue weighted by molar-refractivity contribution is 5.25. The van der Waals surface area contributed by atoms with Crippen molar-refractivity contribution in [3.63, 3.8) is 0 Å². The van der Waals surface area contributed by atoms with Gasteiger partial charge in [0.1, 0.15) is 0 Å². The zero-order valence-electron chi connectivity index (χ0n) is 9.70. The fraction of sp³-hybridized carbons (Fsp3) is 0.538. The first-order valence-electron chi connectivity index (χ1n) is 5.55. The predicted octanol–water partition coefficient (Wildman–Crippen LogP) is 3.30. The highest BCUT2D eigenvalue weighted by Crippen LogP contribution is 2.40. The summed E-state index contributed by atoms with van der Waals surface area (Å²) >= 11 is 0. The zero-order valence-corrected chi connectivity index (χ0v) is 9.70. The van der Waals surface area contributed by atoms with Gasteiger partial charge in [0.25, 0.3) is 0 Å². The van der Waals surface area contributed by atoms with Crippen molar-refractivity contribution in [1.29, 1.82) is 0 Å². The van der Waals surface area contributed by atoms with E-state index < -0.39 is 0 Å². The van der Waals surface area contributed by atoms with Crippen molar-refractivity contribution in [1.82, 2.24) is 5.06 Å². The van der Waals surface area contributed by atoms with Crippen LogP contribution in [0.2, 0.25) is 0 Å². The summed E-state index contributed by atoms with van der Waals surface area (Å²) in [5, 5.41) is 11.6. The smallest absolute Gasteiger partial charge is 0.0606 e. The molecule has 1 aromatic rings. The topological polar surface area (TPSA) is 23.5 Å². The summed E-state index contributed by atoms with van der Waals surface area (Å²) in [6.45, 7) is 6.25. The van der Waals surface area contributed by atoms with E-state index in [1.165, 1.54) is 16.2 Å². The average Bonchev–Trinajstić information content (AvgIpc) is 2.45. The van der Waals surface area contributed by atoms with Crippen LogP contribution in [0.3, 0.4) is 0 Å². The fourth-order valence-corrected chi connectivity index (χ4v) is 2.25. The van der Waals surface area contributed by atoms with Crippen molar-refractivity contribution in [2.45, 2.75) is 45.2 Å². The maximum absolute atomic E-state index is 10.1. The molecule has 2 nitrogen and oxygen atoms in total. The van der Waals surface area contributed by atoms with E-state index in [-0.39, 0.29) is 11.6 Å². The Morgan fingerprint density at radius 2 is 1.87 bits per heavy atom. The van der Waals surface area contributed by atoms with E-state index >= 15 is 0 Å². The summed E-state index contributed by atoms with van der Waals surface area (Å²) in [5.41, 5.74) is 2.39. The molecule has 15 heavy (non-hydrogen) atoms. The number of hydrogen-bond acceptors (Lipinski definition) is 2. The SMILES string of the molecule is Cc1ccc(C2CCC(C)(C)N2O)cc1. The molecule has 0 amide bonds. The van der Waals surface area contributed by atoms with E-state index in [2.05, 4.69) is 45.0 Å². The minimum absolute atomic E-state index is 0.0877. The standard InChI is InChI=1S/C13H19NO/c1-10-4-6-11(7-5-10)12-8-9-13(2,3)14(12)15/h4-7,12,15H,8-9H2,1-3H3. The first-order chi connectivity index (χ1) is 7.00. The fourth-order valence-electron chi connectivity index (χ4n) is 2.25. The molecule has 1 aromatic carbocycles. The molecule has 82 valence electrons. The van der Waals surface area contributed by atoms with Crippen LogP contribution in [0.4, 0.5) is 0 Å². The Bertz CT molecular complexity index is 342. The van der Waals surface area contributed by atoms with Gasteiger partial charge in [0.2, 0.25) is 0 Å². The summed E-state index contributed by atoms with van der Waals surface area (Å²) in [5.74, 6) is 0. The van der Waals surface area contributed by atoms with Crippen LogP contribution in [0, 0.1) is 6.92 Å². The Hall–Kier alpha value is -0.860. The molecule has 0 spiro atoms. The molecule has 0 radical (unpaired) electrons. The lowest BCUT2D eigenvalue weighted by Gasteiger charge is -2.29. The van der Waals surface area contributed by atoms with Crippen molar-refractivity contribution >= 4 is 0 Å². The Balaban J connectivity index is 2.23. The lowest BCUT2D eigenvalue weighted by Crippen LogP contribution is -2.36. The molecule has 1 aliphatic heterocycles. The summed E-state index contributed by atoms with van der Waals surface area (Å²) < 4.78 is 0. The van der Waals surface area contributed by atoms with Gasteiger partial charge in [-0.25, -0.2) is 0 Å². The molecule has 1 atom stereocenters. The number of hydroxylamine groups is 2. The van der Waals surface area contributed by atoms with Crippen LogP contribution in [0.1, 0.15) is 43.9 Å². The summed E-state index contributed by atoms with van der Waals surface area (Å²) in [6, 6.07) is 8.61. The molecule has 1 N–H and O–H groups in total. The second-order valence-electron chi connectivity index (χ2n) is 5.12. The van der Waals surface area contributed by atoms with Gasteiger partial charge in [0, 0.05) is 5.54 Å². The second kappa shape index (κ2) is 3.62. The molecule has 0 saturated carbocycles. The zero-order chi connectivity index (χ0) is 11.1. The Morgan fingerprint density at radius 3 is 2.33 bits per heavy atom. The second-order valence-corrected chi connectivity index (χ2v) is 5.12. The van der Waals surface area contributed by atoms with Gasteiger partial charge in [-0.1, -0.05) is 29.8 Å². The minimum Gasteiger partial charge on any atom is -0.313 e. The van der Waals surface area contributed by atoms with Crippen molar-refractivity contribution in [3.05, 3.63) is 35.4 Å². The number of nitrogens with zero attached hydrogens (tertiary/aromatic N) is 1. The van der Waals surface area contributed by atoms with Crippen molar-refractivity contribution in [3.8, 4) is 0 Å². The van der Waals surface area contributed by atoms with Gasteiger partial charge in [0.05, 0.1) is 6.04 Å². The van der Waals surface area contributed by atoms with E-state index in [9.17, 15) is 5.21 Å². The van der Waals surface area contributed by atoms with Crippen molar-refractivity contribution in [2.75, 3.05) is 0 Å². The Kier molecular flexibility index (Phi) is 2.57. The third kappa shape index (κ3) is 1.92. The minimum atomic E-state index is -0.0877. The van der Waals surface area contributed by atoms with Crippen molar-refractivity contribution < 1.29 is 5.21 Å². The molecule has 1 unspecified atom stereocenters. The molecule has 0 aliphatic carbocycles. The number of benzene rings is 1. The maximum atomic E-state index is 10.1. The molecule has 1 fully saturated rings. The van der Waals surface area contributed by atoms with Crippen LogP contribution in [0.5, 0.6) is 0 Å². The van der Waals surface area contributed by atoms with Gasteiger partial charge in [-0.3, -0.25) is 0 Å². The number of hydrogen-bond donors (Lipinski definition) is 1. The summed E-state index contributed by atoms with van der Waals surface area (Å²) in [7, 11) is 0. The van der Waals surface area contributed by atoms with E-state index in [4.69, 9.17) is 0 Å². The summed E-state index contributed by atoms with van der Waals surface area (Å²) in [4.78, 5) is 0. The molecule has 0 aromatic heterocycles. The van der Waals surface area contributed by atoms with Gasteiger partial charge in [-0.05, 0) is 39.2 Å². The van der Waals surface area contributed by atoms with E-state index in [0.717, 1.165) is 12.8 Å². The molecule has 1 saturated heterocycles. The Labute approximate surface area is 91.5 Å². The predicted molar refractivity (Wildman–Crippen MR) is 60.9 cm³/mol. The Morgan fingerprint density at radius 1 is 1.27 bits per heavy atom. The van der Waals surface area contributed by atoms with Gasteiger partial charge in [0.15, 0.2) is 0 Å². The lowest BCUT2D eigenvalue weighted by molar-refractivity contribution is -0.165. The molecular weight excluding hydrogens is 186 g/mol. The largest absolute Gasteiger partial charge is 0.313 e. The molecule has 2 rings (SSSR count). The van der Waals surface area contributed by atoms with Crippen LogP contribution in [0.15, 0.2) is 24.3 Å². The van der Waals surface area contributed by atoms with E-state index in [1.807, 2.05) is 0 Å². The first-order valence-corrected chi connectivity index (χ1v) is 5.55. The monoisotopic (exact) mass is 205 g/mol. The van der Waals surface area contributed by atoms with Gasteiger partial charge >= 0.3 is 0 Å². The molecular formula is C13H19NO. The van der Waals surface area contributed by atoms with Crippen LogP contribution in [-0.4, -0.2) is 15.8 Å². The third-order valence-corrected chi connectivity index (χ3v) is 3.41.